The molecule has 9 aromatic rings. The minimum Gasteiger partial charge on any atom is -0.309 e. The van der Waals surface area contributed by atoms with Gasteiger partial charge in [0, 0.05) is 38.5 Å². The number of para-hydroxylation sites is 3. The quantitative estimate of drug-likeness (QED) is 0.193. The number of rotatable bonds is 4. The van der Waals surface area contributed by atoms with Crippen molar-refractivity contribution < 1.29 is 0 Å². The topological polar surface area (TPSA) is 81.2 Å². The summed E-state index contributed by atoms with van der Waals surface area (Å²) in [5, 5.41) is 34.4. The van der Waals surface area contributed by atoms with Crippen LogP contribution in [-0.4, -0.2) is 9.13 Å². The van der Waals surface area contributed by atoms with Crippen LogP contribution >= 0.6 is 0 Å². The molecule has 2 heterocycles. The molecule has 0 saturated heterocycles. The fourth-order valence-corrected chi connectivity index (χ4v) is 7.45. The first-order valence-corrected chi connectivity index (χ1v) is 16.3. The van der Waals surface area contributed by atoms with E-state index in [4.69, 9.17) is 0 Å². The molecule has 0 aliphatic carbocycles. The van der Waals surface area contributed by atoms with E-state index in [0.29, 0.717) is 22.3 Å². The molecule has 0 radical (unpaired) electrons. The Kier molecular flexibility index (Phi) is 6.56. The molecule has 0 atom stereocenters. The molecule has 0 bridgehead atoms. The van der Waals surface area contributed by atoms with Gasteiger partial charge in [0.25, 0.3) is 0 Å². The Hall–Kier alpha value is -7.39. The minimum atomic E-state index is 0.449. The van der Waals surface area contributed by atoms with Gasteiger partial charge in [0.05, 0.1) is 57.0 Å². The molecule has 0 aliphatic rings. The summed E-state index contributed by atoms with van der Waals surface area (Å²) < 4.78 is 4.51. The van der Waals surface area contributed by atoms with Crippen molar-refractivity contribution >= 4 is 43.6 Å². The predicted molar refractivity (Wildman–Crippen MR) is 200 cm³/mol. The Morgan fingerprint density at radius 3 is 1.50 bits per heavy atom. The summed E-state index contributed by atoms with van der Waals surface area (Å²) in [6.07, 6.45) is 0. The van der Waals surface area contributed by atoms with E-state index in [2.05, 4.69) is 130 Å². The number of benzene rings is 7. The fraction of sp³-hybridized carbons (Fsp3) is 0. The van der Waals surface area contributed by atoms with Crippen LogP contribution < -0.4 is 0 Å². The molecule has 0 aliphatic heterocycles. The molecule has 0 N–H and O–H groups in total. The highest BCUT2D eigenvalue weighted by Crippen LogP contribution is 2.39. The lowest BCUT2D eigenvalue weighted by Gasteiger charge is -2.16. The summed E-state index contributed by atoms with van der Waals surface area (Å²) in [6.45, 7) is 0. The third kappa shape index (κ3) is 4.38. The third-order valence-electron chi connectivity index (χ3n) is 9.59. The van der Waals surface area contributed by atoms with Crippen LogP contribution in [0.1, 0.15) is 16.7 Å². The van der Waals surface area contributed by atoms with Crippen LogP contribution in [0, 0.1) is 34.0 Å². The molecule has 9 rings (SSSR count). The normalized spacial score (nSPS) is 11.1. The maximum Gasteiger partial charge on any atom is 0.0998 e. The Bertz CT molecular complexity index is 2890. The highest BCUT2D eigenvalue weighted by Gasteiger charge is 2.18. The first-order chi connectivity index (χ1) is 24.7. The van der Waals surface area contributed by atoms with Crippen molar-refractivity contribution in [2.24, 2.45) is 0 Å². The average Bonchev–Trinajstić information content (AvgIpc) is 3.70. The first kappa shape index (κ1) is 28.8. The van der Waals surface area contributed by atoms with Crippen molar-refractivity contribution in [2.75, 3.05) is 0 Å². The second kappa shape index (κ2) is 11.4. The van der Waals surface area contributed by atoms with E-state index in [1.54, 1.807) is 18.2 Å². The zero-order valence-corrected chi connectivity index (χ0v) is 26.7. The summed E-state index contributed by atoms with van der Waals surface area (Å²) in [4.78, 5) is 0. The van der Waals surface area contributed by atoms with Crippen molar-refractivity contribution in [1.29, 1.82) is 15.8 Å². The van der Waals surface area contributed by atoms with Crippen molar-refractivity contribution in [3.63, 3.8) is 0 Å². The van der Waals surface area contributed by atoms with E-state index in [-0.39, 0.29) is 0 Å². The molecular formula is C45H25N5. The molecule has 0 fully saturated rings. The SMILES string of the molecule is N#Cc1ccc2c(c1)c1ccccc1n2-c1cccc(-c2cc(-c3c(C#N)cccc3C#N)cc(-n3c4ccccc4c4ccccc43)c2)c1. The van der Waals surface area contributed by atoms with E-state index in [1.165, 1.54) is 0 Å². The van der Waals surface area contributed by atoms with Crippen LogP contribution in [0.2, 0.25) is 0 Å². The summed E-state index contributed by atoms with van der Waals surface area (Å²) in [6, 6.07) is 57.9. The van der Waals surface area contributed by atoms with E-state index in [1.807, 2.05) is 30.3 Å². The second-order valence-corrected chi connectivity index (χ2v) is 12.3. The number of nitriles is 3. The molecule has 0 unspecified atom stereocenters. The van der Waals surface area contributed by atoms with Gasteiger partial charge in [-0.3, -0.25) is 0 Å². The predicted octanol–water partition coefficient (Wildman–Crippen LogP) is 10.8. The van der Waals surface area contributed by atoms with Gasteiger partial charge in [-0.25, -0.2) is 0 Å². The van der Waals surface area contributed by atoms with Gasteiger partial charge >= 0.3 is 0 Å². The van der Waals surface area contributed by atoms with Crippen LogP contribution in [0.3, 0.4) is 0 Å². The van der Waals surface area contributed by atoms with Gasteiger partial charge < -0.3 is 9.13 Å². The zero-order valence-electron chi connectivity index (χ0n) is 26.7. The molecule has 5 heteroatoms. The van der Waals surface area contributed by atoms with E-state index < -0.39 is 0 Å². The molecule has 0 amide bonds. The third-order valence-corrected chi connectivity index (χ3v) is 9.59. The van der Waals surface area contributed by atoms with E-state index in [9.17, 15) is 15.8 Å². The number of hydrogen-bond acceptors (Lipinski definition) is 3. The average molecular weight is 636 g/mol. The molecule has 2 aromatic heterocycles. The van der Waals surface area contributed by atoms with E-state index >= 15 is 0 Å². The number of nitrogens with zero attached hydrogens (tertiary/aromatic N) is 5. The second-order valence-electron chi connectivity index (χ2n) is 12.3. The Balaban J connectivity index is 1.33. The summed E-state index contributed by atoms with van der Waals surface area (Å²) >= 11 is 0. The largest absolute Gasteiger partial charge is 0.309 e. The minimum absolute atomic E-state index is 0.449. The molecular weight excluding hydrogens is 611 g/mol. The smallest absolute Gasteiger partial charge is 0.0998 e. The van der Waals surface area contributed by atoms with Gasteiger partial charge in [0.2, 0.25) is 0 Å². The van der Waals surface area contributed by atoms with Gasteiger partial charge in [-0.15, -0.1) is 0 Å². The van der Waals surface area contributed by atoms with Crippen molar-refractivity contribution in [2.45, 2.75) is 0 Å². The molecule has 7 aromatic carbocycles. The van der Waals surface area contributed by atoms with Crippen molar-refractivity contribution in [3.05, 3.63) is 168 Å². The van der Waals surface area contributed by atoms with Crippen molar-refractivity contribution in [1.82, 2.24) is 9.13 Å². The van der Waals surface area contributed by atoms with Crippen LogP contribution in [-0.2, 0) is 0 Å². The van der Waals surface area contributed by atoms with Gasteiger partial charge in [0.15, 0.2) is 0 Å². The van der Waals surface area contributed by atoms with E-state index in [0.717, 1.165) is 71.7 Å². The van der Waals surface area contributed by atoms with Gasteiger partial charge in [-0.1, -0.05) is 72.8 Å². The standard InChI is InChI=1S/C45H25N5/c46-26-29-19-20-44-40(21-29)39-15-3-6-18-43(39)49(44)35-12-8-9-30(23-35)33-22-34(45-31(27-47)10-7-11-32(45)28-48)25-36(24-33)50-41-16-4-1-13-37(41)38-14-2-5-17-42(38)50/h1-25H. The maximum atomic E-state index is 10.2. The number of aromatic nitrogens is 2. The van der Waals surface area contributed by atoms with Crippen LogP contribution in [0.25, 0.3) is 77.2 Å². The van der Waals surface area contributed by atoms with Gasteiger partial charge in [-0.2, -0.15) is 15.8 Å². The van der Waals surface area contributed by atoms with Crippen LogP contribution in [0.4, 0.5) is 0 Å². The molecule has 0 spiro atoms. The van der Waals surface area contributed by atoms with Crippen LogP contribution in [0.15, 0.2) is 152 Å². The lowest BCUT2D eigenvalue weighted by molar-refractivity contribution is 1.17. The molecule has 5 nitrogen and oxygen atoms in total. The molecule has 230 valence electrons. The fourth-order valence-electron chi connectivity index (χ4n) is 7.45. The lowest BCUT2D eigenvalue weighted by atomic mass is 9.92. The highest BCUT2D eigenvalue weighted by atomic mass is 15.0. The van der Waals surface area contributed by atoms with Gasteiger partial charge in [-0.05, 0) is 95.6 Å². The highest BCUT2D eigenvalue weighted by molar-refractivity contribution is 6.10. The monoisotopic (exact) mass is 635 g/mol. The molecule has 50 heavy (non-hydrogen) atoms. The van der Waals surface area contributed by atoms with Gasteiger partial charge in [0.1, 0.15) is 0 Å². The Morgan fingerprint density at radius 1 is 0.360 bits per heavy atom. The maximum absolute atomic E-state index is 10.2. The Labute approximate surface area is 287 Å². The molecule has 0 saturated carbocycles. The first-order valence-electron chi connectivity index (χ1n) is 16.3. The van der Waals surface area contributed by atoms with Crippen molar-refractivity contribution in [3.8, 4) is 51.8 Å². The zero-order chi connectivity index (χ0) is 33.8. The Morgan fingerprint density at radius 2 is 0.880 bits per heavy atom. The summed E-state index contributed by atoms with van der Waals surface area (Å²) in [5.41, 5.74) is 11.0. The number of hydrogen-bond donors (Lipinski definition) is 0. The lowest BCUT2D eigenvalue weighted by Crippen LogP contribution is -1.98. The van der Waals surface area contributed by atoms with Crippen LogP contribution in [0.5, 0.6) is 0 Å². The number of fused-ring (bicyclic) bond motifs is 6. The summed E-state index contributed by atoms with van der Waals surface area (Å²) in [5.74, 6) is 0. The summed E-state index contributed by atoms with van der Waals surface area (Å²) in [7, 11) is 0.